The minimum Gasteiger partial charge on any atom is -0.378 e. The van der Waals surface area contributed by atoms with Gasteiger partial charge in [-0.2, -0.15) is 5.10 Å². The molecule has 3 heterocycles. The van der Waals surface area contributed by atoms with Gasteiger partial charge < -0.3 is 15.0 Å². The number of piperidine rings is 1. The predicted molar refractivity (Wildman–Crippen MR) is 88.3 cm³/mol. The largest absolute Gasteiger partial charge is 0.378 e. The van der Waals surface area contributed by atoms with E-state index < -0.39 is 0 Å². The lowest BCUT2D eigenvalue weighted by Crippen LogP contribution is -2.41. The molecule has 0 atom stereocenters. The average Bonchev–Trinajstić information content (AvgIpc) is 2.98. The van der Waals surface area contributed by atoms with Crippen molar-refractivity contribution in [1.82, 2.24) is 20.4 Å². The van der Waals surface area contributed by atoms with Gasteiger partial charge in [-0.3, -0.25) is 9.89 Å². The van der Waals surface area contributed by atoms with Crippen LogP contribution in [-0.4, -0.2) is 53.3 Å². The zero-order valence-electron chi connectivity index (χ0n) is 14.2. The molecule has 0 radical (unpaired) electrons. The third-order valence-electron chi connectivity index (χ3n) is 4.79. The Kier molecular flexibility index (Phi) is 5.33. The van der Waals surface area contributed by atoms with Gasteiger partial charge in [-0.1, -0.05) is 13.8 Å². The van der Waals surface area contributed by atoms with Gasteiger partial charge in [0.1, 0.15) is 0 Å². The topological polar surface area (TPSA) is 70.2 Å². The van der Waals surface area contributed by atoms with Crippen molar-refractivity contribution in [3.05, 3.63) is 17.0 Å². The van der Waals surface area contributed by atoms with E-state index in [1.54, 1.807) is 0 Å². The summed E-state index contributed by atoms with van der Waals surface area (Å²) in [6, 6.07) is 0. The van der Waals surface area contributed by atoms with Crippen LogP contribution in [0, 0.1) is 5.92 Å². The Morgan fingerprint density at radius 3 is 2.91 bits per heavy atom. The molecule has 0 bridgehead atoms. The van der Waals surface area contributed by atoms with Crippen molar-refractivity contribution in [2.45, 2.75) is 52.2 Å². The Morgan fingerprint density at radius 2 is 2.17 bits per heavy atom. The Hall–Kier alpha value is -1.40. The quantitative estimate of drug-likeness (QED) is 0.867. The van der Waals surface area contributed by atoms with Crippen molar-refractivity contribution in [3.63, 3.8) is 0 Å². The van der Waals surface area contributed by atoms with Crippen LogP contribution in [0.2, 0.25) is 0 Å². The Morgan fingerprint density at radius 1 is 1.39 bits per heavy atom. The van der Waals surface area contributed by atoms with Crippen molar-refractivity contribution in [2.24, 2.45) is 5.92 Å². The van der Waals surface area contributed by atoms with Gasteiger partial charge in [-0.15, -0.1) is 0 Å². The van der Waals surface area contributed by atoms with Crippen LogP contribution in [0.5, 0.6) is 0 Å². The fourth-order valence-corrected chi connectivity index (χ4v) is 3.25. The summed E-state index contributed by atoms with van der Waals surface area (Å²) < 4.78 is 5.93. The molecule has 0 aliphatic carbocycles. The maximum Gasteiger partial charge on any atom is 0.274 e. The Bertz CT molecular complexity index is 533. The highest BCUT2D eigenvalue weighted by atomic mass is 16.5. The normalized spacial score (nSPS) is 19.2. The summed E-state index contributed by atoms with van der Waals surface area (Å²) in [5.74, 6) is 0.739. The molecule has 0 saturated carbocycles. The third-order valence-corrected chi connectivity index (χ3v) is 4.79. The van der Waals surface area contributed by atoms with Gasteiger partial charge in [-0.25, -0.2) is 0 Å². The van der Waals surface area contributed by atoms with Crippen molar-refractivity contribution in [2.75, 3.05) is 26.2 Å². The number of aromatic nitrogens is 2. The van der Waals surface area contributed by atoms with Crippen LogP contribution < -0.4 is 5.32 Å². The molecule has 1 fully saturated rings. The van der Waals surface area contributed by atoms with Crippen molar-refractivity contribution in [3.8, 4) is 0 Å². The number of likely N-dealkylation sites (tertiary alicyclic amines) is 1. The smallest absolute Gasteiger partial charge is 0.274 e. The molecule has 1 aromatic heterocycles. The first-order valence-electron chi connectivity index (χ1n) is 8.83. The van der Waals surface area contributed by atoms with E-state index in [0.717, 1.165) is 69.7 Å². The number of ether oxygens (including phenoxy) is 1. The summed E-state index contributed by atoms with van der Waals surface area (Å²) >= 11 is 0. The molecule has 2 aliphatic heterocycles. The predicted octanol–water partition coefficient (Wildman–Crippen LogP) is 1.72. The molecule has 6 nitrogen and oxygen atoms in total. The molecular weight excluding hydrogens is 292 g/mol. The van der Waals surface area contributed by atoms with Crippen LogP contribution in [0.15, 0.2) is 0 Å². The molecule has 6 heteroatoms. The zero-order chi connectivity index (χ0) is 16.2. The van der Waals surface area contributed by atoms with E-state index in [4.69, 9.17) is 4.74 Å². The van der Waals surface area contributed by atoms with E-state index in [2.05, 4.69) is 29.4 Å². The van der Waals surface area contributed by atoms with Crippen LogP contribution in [-0.2, 0) is 17.7 Å². The third kappa shape index (κ3) is 3.93. The number of nitrogens with one attached hydrogen (secondary N) is 2. The van der Waals surface area contributed by atoms with E-state index in [-0.39, 0.29) is 5.91 Å². The zero-order valence-corrected chi connectivity index (χ0v) is 14.2. The molecule has 128 valence electrons. The summed E-state index contributed by atoms with van der Waals surface area (Å²) in [5, 5.41) is 10.6. The lowest BCUT2D eigenvalue weighted by Gasteiger charge is -2.32. The van der Waals surface area contributed by atoms with E-state index >= 15 is 0 Å². The van der Waals surface area contributed by atoms with Crippen LogP contribution in [0.1, 0.15) is 54.9 Å². The molecule has 1 saturated heterocycles. The highest BCUT2D eigenvalue weighted by Gasteiger charge is 2.28. The number of hydrogen-bond acceptors (Lipinski definition) is 4. The van der Waals surface area contributed by atoms with Gasteiger partial charge in [0, 0.05) is 50.5 Å². The maximum atomic E-state index is 12.7. The molecule has 0 aromatic carbocycles. The minimum atomic E-state index is 0.0619. The van der Waals surface area contributed by atoms with E-state index in [9.17, 15) is 4.79 Å². The molecule has 2 aliphatic rings. The summed E-state index contributed by atoms with van der Waals surface area (Å²) in [4.78, 5) is 14.6. The number of H-pyrrole nitrogens is 1. The maximum absolute atomic E-state index is 12.7. The summed E-state index contributed by atoms with van der Waals surface area (Å²) in [5.41, 5.74) is 2.77. The second-order valence-electron chi connectivity index (χ2n) is 7.00. The second-order valence-corrected chi connectivity index (χ2v) is 7.00. The van der Waals surface area contributed by atoms with Gasteiger partial charge in [0.25, 0.3) is 5.91 Å². The number of carbonyl (C=O) groups is 1. The monoisotopic (exact) mass is 320 g/mol. The highest BCUT2D eigenvalue weighted by Crippen LogP contribution is 2.20. The van der Waals surface area contributed by atoms with Gasteiger partial charge in [0.2, 0.25) is 0 Å². The first-order chi connectivity index (χ1) is 11.1. The first-order valence-corrected chi connectivity index (χ1v) is 8.83. The average molecular weight is 320 g/mol. The summed E-state index contributed by atoms with van der Waals surface area (Å²) in [7, 11) is 0. The standard InChI is InChI=1S/C17H28N4O2/c1-12(2)6-10-23-13-4-8-21(9-5-13)17(22)16-14-11-18-7-3-15(14)19-20-16/h12-13,18H,3-11H2,1-2H3,(H,19,20). The molecule has 1 aromatic rings. The second kappa shape index (κ2) is 7.45. The molecular formula is C17H28N4O2. The molecule has 2 N–H and O–H groups in total. The van der Waals surface area contributed by atoms with Gasteiger partial charge in [0.15, 0.2) is 5.69 Å². The molecule has 0 spiro atoms. The Labute approximate surface area is 138 Å². The minimum absolute atomic E-state index is 0.0619. The molecule has 3 rings (SSSR count). The number of aromatic amines is 1. The van der Waals surface area contributed by atoms with Crippen LogP contribution in [0.25, 0.3) is 0 Å². The fourth-order valence-electron chi connectivity index (χ4n) is 3.25. The fraction of sp³-hybridized carbons (Fsp3) is 0.765. The lowest BCUT2D eigenvalue weighted by molar-refractivity contribution is 0.00467. The van der Waals surface area contributed by atoms with Gasteiger partial charge >= 0.3 is 0 Å². The summed E-state index contributed by atoms with van der Waals surface area (Å²) in [6.45, 7) is 8.47. The number of carbonyl (C=O) groups excluding carboxylic acids is 1. The van der Waals surface area contributed by atoms with Crippen molar-refractivity contribution in [1.29, 1.82) is 0 Å². The number of hydrogen-bond donors (Lipinski definition) is 2. The molecule has 1 amide bonds. The van der Waals surface area contributed by atoms with Crippen LogP contribution in [0.4, 0.5) is 0 Å². The number of nitrogens with zero attached hydrogens (tertiary/aromatic N) is 2. The van der Waals surface area contributed by atoms with E-state index in [0.29, 0.717) is 17.7 Å². The highest BCUT2D eigenvalue weighted by molar-refractivity contribution is 5.94. The SMILES string of the molecule is CC(C)CCOC1CCN(C(=O)c2n[nH]c3c2CNCC3)CC1. The Balaban J connectivity index is 1.51. The number of amides is 1. The van der Waals surface area contributed by atoms with E-state index in [1.165, 1.54) is 0 Å². The number of rotatable bonds is 5. The van der Waals surface area contributed by atoms with Gasteiger partial charge in [0.05, 0.1) is 6.10 Å². The number of fused-ring (bicyclic) bond motifs is 1. The molecule has 23 heavy (non-hydrogen) atoms. The molecule has 0 unspecified atom stereocenters. The van der Waals surface area contributed by atoms with Gasteiger partial charge in [-0.05, 0) is 25.2 Å². The lowest BCUT2D eigenvalue weighted by atomic mass is 10.0. The summed E-state index contributed by atoms with van der Waals surface area (Å²) in [6.07, 6.45) is 4.17. The van der Waals surface area contributed by atoms with Crippen LogP contribution in [0.3, 0.4) is 0 Å². The van der Waals surface area contributed by atoms with Crippen molar-refractivity contribution < 1.29 is 9.53 Å². The van der Waals surface area contributed by atoms with Crippen molar-refractivity contribution >= 4 is 5.91 Å². The van der Waals surface area contributed by atoms with Crippen LogP contribution >= 0.6 is 0 Å². The first kappa shape index (κ1) is 16.5. The van der Waals surface area contributed by atoms with E-state index in [1.807, 2.05) is 4.90 Å².